The Hall–Kier alpha value is -2.05. The van der Waals surface area contributed by atoms with E-state index in [9.17, 15) is 24.6 Å². The van der Waals surface area contributed by atoms with Gasteiger partial charge in [-0.25, -0.2) is 0 Å². The van der Waals surface area contributed by atoms with Crippen LogP contribution in [0.3, 0.4) is 0 Å². The number of allylic oxidation sites excluding steroid dienone is 3. The van der Waals surface area contributed by atoms with Gasteiger partial charge in [0, 0.05) is 25.7 Å². The van der Waals surface area contributed by atoms with Crippen molar-refractivity contribution < 1.29 is 29.3 Å². The molecule has 0 spiro atoms. The third-order valence-corrected chi connectivity index (χ3v) is 5.76. The number of esters is 1. The van der Waals surface area contributed by atoms with E-state index in [1.54, 1.807) is 6.08 Å². The molecule has 31 heavy (non-hydrogen) atoms. The van der Waals surface area contributed by atoms with Gasteiger partial charge in [0.25, 0.3) is 6.29 Å². The van der Waals surface area contributed by atoms with Gasteiger partial charge in [0.05, 0.1) is 5.60 Å². The fourth-order valence-corrected chi connectivity index (χ4v) is 3.79. The number of carbonyl (C=O) groups excluding carboxylic acids is 3. The van der Waals surface area contributed by atoms with E-state index in [2.05, 4.69) is 24.3 Å². The lowest BCUT2D eigenvalue weighted by Gasteiger charge is -2.22. The maximum atomic E-state index is 12.3. The van der Waals surface area contributed by atoms with Gasteiger partial charge in [-0.15, -0.1) is 6.58 Å². The van der Waals surface area contributed by atoms with Crippen LogP contribution in [0.1, 0.15) is 78.1 Å². The third kappa shape index (κ3) is 10.2. The summed E-state index contributed by atoms with van der Waals surface area (Å²) in [7, 11) is 0. The summed E-state index contributed by atoms with van der Waals surface area (Å²) in [4.78, 5) is 34.6. The Balaban J connectivity index is 2.43. The van der Waals surface area contributed by atoms with Crippen molar-refractivity contribution in [2.75, 3.05) is 0 Å². The molecule has 0 radical (unpaired) electrons. The molecular weight excluding hydrogens is 396 g/mol. The third-order valence-electron chi connectivity index (χ3n) is 5.76. The number of ketones is 2. The molecular formula is C25H38O6. The molecule has 0 aromatic heterocycles. The van der Waals surface area contributed by atoms with Gasteiger partial charge in [0.2, 0.25) is 5.78 Å². The number of carbonyl (C=O) groups is 3. The van der Waals surface area contributed by atoms with Crippen LogP contribution in [0.4, 0.5) is 0 Å². The van der Waals surface area contributed by atoms with Gasteiger partial charge >= 0.3 is 5.97 Å². The van der Waals surface area contributed by atoms with Crippen molar-refractivity contribution in [3.8, 4) is 0 Å². The average Bonchev–Trinajstić information content (AvgIpc) is 3.07. The molecule has 1 aliphatic carbocycles. The molecule has 2 unspecified atom stereocenters. The molecule has 4 atom stereocenters. The second-order valence-corrected chi connectivity index (χ2v) is 8.35. The molecule has 1 rings (SSSR count). The van der Waals surface area contributed by atoms with E-state index in [1.807, 2.05) is 18.2 Å². The largest absolute Gasteiger partial charge is 0.428 e. The summed E-state index contributed by atoms with van der Waals surface area (Å²) < 4.78 is 4.44. The highest BCUT2D eigenvalue weighted by Crippen LogP contribution is 2.33. The van der Waals surface area contributed by atoms with E-state index in [0.29, 0.717) is 38.5 Å². The molecule has 1 fully saturated rings. The molecule has 6 heteroatoms. The van der Waals surface area contributed by atoms with Crippen LogP contribution in [0.5, 0.6) is 0 Å². The van der Waals surface area contributed by atoms with Gasteiger partial charge in [-0.3, -0.25) is 14.4 Å². The summed E-state index contributed by atoms with van der Waals surface area (Å²) in [6.07, 6.45) is 14.4. The van der Waals surface area contributed by atoms with Crippen LogP contribution < -0.4 is 0 Å². The average molecular weight is 435 g/mol. The van der Waals surface area contributed by atoms with Crippen LogP contribution in [0.25, 0.3) is 0 Å². The lowest BCUT2D eigenvalue weighted by Crippen LogP contribution is -2.25. The van der Waals surface area contributed by atoms with Gasteiger partial charge in [0.15, 0.2) is 0 Å². The lowest BCUT2D eigenvalue weighted by molar-refractivity contribution is -0.173. The monoisotopic (exact) mass is 434 g/mol. The van der Waals surface area contributed by atoms with Crippen molar-refractivity contribution in [3.05, 3.63) is 37.0 Å². The SMILES string of the molecule is C=CC(O)(CC=C[C@H]1CCC(=O)[C@@H]1CC=CCCCC(=O)C(O)OC(C)=O)CCCC. The summed E-state index contributed by atoms with van der Waals surface area (Å²) >= 11 is 0. The quantitative estimate of drug-likeness (QED) is 0.173. The molecule has 2 N–H and O–H groups in total. The first-order chi connectivity index (χ1) is 14.7. The first-order valence-electron chi connectivity index (χ1n) is 11.3. The molecule has 0 aromatic rings. The van der Waals surface area contributed by atoms with Gasteiger partial charge in [-0.05, 0) is 44.4 Å². The van der Waals surface area contributed by atoms with Gasteiger partial charge in [0.1, 0.15) is 5.78 Å². The summed E-state index contributed by atoms with van der Waals surface area (Å²) in [6, 6.07) is 0. The van der Waals surface area contributed by atoms with E-state index in [4.69, 9.17) is 0 Å². The maximum absolute atomic E-state index is 12.3. The lowest BCUT2D eigenvalue weighted by atomic mass is 9.89. The number of aliphatic hydroxyl groups excluding tert-OH is 1. The highest BCUT2D eigenvalue weighted by molar-refractivity contribution is 5.84. The van der Waals surface area contributed by atoms with E-state index in [1.165, 1.54) is 0 Å². The van der Waals surface area contributed by atoms with E-state index in [0.717, 1.165) is 26.2 Å². The molecule has 0 aliphatic heterocycles. The molecule has 0 saturated heterocycles. The normalized spacial score (nSPS) is 22.0. The molecule has 0 aromatic carbocycles. The number of ether oxygens (including phenoxy) is 1. The molecule has 0 bridgehead atoms. The predicted octanol–water partition coefficient (Wildman–Crippen LogP) is 4.20. The van der Waals surface area contributed by atoms with Gasteiger partial charge in [-0.2, -0.15) is 0 Å². The number of unbranched alkanes of at least 4 members (excludes halogenated alkanes) is 2. The van der Waals surface area contributed by atoms with Crippen molar-refractivity contribution in [2.45, 2.75) is 89.9 Å². The Morgan fingerprint density at radius 1 is 1.29 bits per heavy atom. The second kappa shape index (κ2) is 14.1. The first kappa shape index (κ1) is 27.0. The molecule has 1 aliphatic rings. The van der Waals surface area contributed by atoms with Crippen LogP contribution >= 0.6 is 0 Å². The summed E-state index contributed by atoms with van der Waals surface area (Å²) in [5.74, 6) is -0.812. The van der Waals surface area contributed by atoms with E-state index >= 15 is 0 Å². The van der Waals surface area contributed by atoms with Crippen LogP contribution in [0.2, 0.25) is 0 Å². The fourth-order valence-electron chi connectivity index (χ4n) is 3.79. The Bertz CT molecular complexity index is 665. The Kier molecular flexibility index (Phi) is 12.3. The van der Waals surface area contributed by atoms with Crippen molar-refractivity contribution in [1.82, 2.24) is 0 Å². The predicted molar refractivity (Wildman–Crippen MR) is 120 cm³/mol. The fraction of sp³-hybridized carbons (Fsp3) is 0.640. The molecule has 0 amide bonds. The number of hydrogen-bond donors (Lipinski definition) is 2. The van der Waals surface area contributed by atoms with Crippen molar-refractivity contribution in [1.29, 1.82) is 0 Å². The standard InChI is InChI=1S/C25H38O6/c1-4-6-17-25(30,5-2)18-11-12-20-15-16-22(27)21(20)13-9-7-8-10-14-23(28)24(29)31-19(3)26/h5,7,9,11-12,20-21,24,29-30H,2,4,6,8,10,13-18H2,1,3H3/t20-,21+,24?,25?/m0/s1. The second-order valence-electron chi connectivity index (χ2n) is 8.35. The van der Waals surface area contributed by atoms with Crippen molar-refractivity contribution in [2.24, 2.45) is 11.8 Å². The van der Waals surface area contributed by atoms with E-state index in [-0.39, 0.29) is 24.0 Å². The van der Waals surface area contributed by atoms with Crippen LogP contribution in [0.15, 0.2) is 37.0 Å². The van der Waals surface area contributed by atoms with Gasteiger partial charge in [-0.1, -0.05) is 50.1 Å². The van der Waals surface area contributed by atoms with Gasteiger partial charge < -0.3 is 14.9 Å². The maximum Gasteiger partial charge on any atom is 0.305 e. The molecule has 1 saturated carbocycles. The highest BCUT2D eigenvalue weighted by atomic mass is 16.6. The zero-order valence-corrected chi connectivity index (χ0v) is 18.9. The topological polar surface area (TPSA) is 101 Å². The number of Topliss-reactive ketones (excluding diaryl/α,β-unsaturated/α-hetero) is 2. The van der Waals surface area contributed by atoms with E-state index < -0.39 is 23.6 Å². The number of rotatable bonds is 15. The zero-order valence-electron chi connectivity index (χ0n) is 18.9. The minimum atomic E-state index is -1.69. The Labute approximate surface area is 186 Å². The van der Waals surface area contributed by atoms with Crippen LogP contribution in [0, 0.1) is 11.8 Å². The smallest absolute Gasteiger partial charge is 0.305 e. The molecule has 174 valence electrons. The summed E-state index contributed by atoms with van der Waals surface area (Å²) in [5, 5.41) is 20.0. The van der Waals surface area contributed by atoms with Crippen LogP contribution in [-0.4, -0.2) is 39.6 Å². The zero-order chi connectivity index (χ0) is 23.3. The minimum Gasteiger partial charge on any atom is -0.428 e. The number of aliphatic hydroxyl groups is 2. The first-order valence-corrected chi connectivity index (χ1v) is 11.3. The summed E-state index contributed by atoms with van der Waals surface area (Å²) in [5.41, 5.74) is -0.884. The minimum absolute atomic E-state index is 0.0487. The Morgan fingerprint density at radius 3 is 2.68 bits per heavy atom. The summed E-state index contributed by atoms with van der Waals surface area (Å²) in [6.45, 7) is 6.98. The van der Waals surface area contributed by atoms with Crippen LogP contribution in [-0.2, 0) is 19.1 Å². The number of hydrogen-bond acceptors (Lipinski definition) is 6. The van der Waals surface area contributed by atoms with Crippen molar-refractivity contribution in [3.63, 3.8) is 0 Å². The Morgan fingerprint density at radius 2 is 2.03 bits per heavy atom. The molecule has 0 heterocycles. The highest BCUT2D eigenvalue weighted by Gasteiger charge is 2.32. The van der Waals surface area contributed by atoms with Crippen molar-refractivity contribution >= 4 is 17.5 Å². The molecule has 6 nitrogen and oxygen atoms in total.